The summed E-state index contributed by atoms with van der Waals surface area (Å²) in [6, 6.07) is 12.7. The fourth-order valence-corrected chi connectivity index (χ4v) is 2.69. The number of anilines is 1. The third kappa shape index (κ3) is 2.74. The van der Waals surface area contributed by atoms with E-state index in [0.717, 1.165) is 24.0 Å². The maximum atomic E-state index is 10.9. The van der Waals surface area contributed by atoms with Crippen LogP contribution in [0.5, 0.6) is 0 Å². The SMILES string of the molecule is CCc1cccc(C)c1-c1ccc(NC)c(CC=O)c1. The van der Waals surface area contributed by atoms with Gasteiger partial charge in [-0.3, -0.25) is 0 Å². The van der Waals surface area contributed by atoms with E-state index in [0.29, 0.717) is 6.42 Å². The summed E-state index contributed by atoms with van der Waals surface area (Å²) in [5.74, 6) is 0. The van der Waals surface area contributed by atoms with E-state index in [4.69, 9.17) is 0 Å². The van der Waals surface area contributed by atoms with E-state index in [9.17, 15) is 4.79 Å². The van der Waals surface area contributed by atoms with Crippen LogP contribution in [0.15, 0.2) is 36.4 Å². The summed E-state index contributed by atoms with van der Waals surface area (Å²) in [7, 11) is 1.88. The highest BCUT2D eigenvalue weighted by Crippen LogP contribution is 2.31. The van der Waals surface area contributed by atoms with Crippen LogP contribution in [0, 0.1) is 6.92 Å². The minimum atomic E-state index is 0.442. The number of carbonyl (C=O) groups is 1. The molecule has 2 aromatic rings. The van der Waals surface area contributed by atoms with Gasteiger partial charge in [-0.05, 0) is 53.3 Å². The minimum absolute atomic E-state index is 0.442. The fraction of sp³-hybridized carbons (Fsp3) is 0.278. The Morgan fingerprint density at radius 3 is 2.60 bits per heavy atom. The van der Waals surface area contributed by atoms with Gasteiger partial charge in [-0.25, -0.2) is 0 Å². The zero-order valence-corrected chi connectivity index (χ0v) is 12.4. The van der Waals surface area contributed by atoms with Gasteiger partial charge < -0.3 is 10.1 Å². The van der Waals surface area contributed by atoms with Crippen molar-refractivity contribution in [2.24, 2.45) is 0 Å². The lowest BCUT2D eigenvalue weighted by atomic mass is 9.92. The molecule has 0 radical (unpaired) electrons. The zero-order chi connectivity index (χ0) is 14.5. The van der Waals surface area contributed by atoms with E-state index in [1.165, 1.54) is 22.3 Å². The van der Waals surface area contributed by atoms with Gasteiger partial charge in [0.1, 0.15) is 6.29 Å². The largest absolute Gasteiger partial charge is 0.388 e. The van der Waals surface area contributed by atoms with Crippen molar-refractivity contribution in [1.29, 1.82) is 0 Å². The second-order valence-corrected chi connectivity index (χ2v) is 4.96. The molecule has 0 saturated heterocycles. The number of hydrogen-bond donors (Lipinski definition) is 1. The second-order valence-electron chi connectivity index (χ2n) is 4.96. The van der Waals surface area contributed by atoms with E-state index in [1.54, 1.807) is 0 Å². The highest BCUT2D eigenvalue weighted by molar-refractivity contribution is 5.75. The summed E-state index contributed by atoms with van der Waals surface area (Å²) in [4.78, 5) is 10.9. The molecule has 104 valence electrons. The molecule has 2 nitrogen and oxygen atoms in total. The number of carbonyl (C=O) groups excluding carboxylic acids is 1. The molecule has 0 aliphatic rings. The normalized spacial score (nSPS) is 10.3. The van der Waals surface area contributed by atoms with Gasteiger partial charge in [0.05, 0.1) is 0 Å². The highest BCUT2D eigenvalue weighted by Gasteiger charge is 2.09. The lowest BCUT2D eigenvalue weighted by Crippen LogP contribution is -1.98. The van der Waals surface area contributed by atoms with Crippen LogP contribution in [0.25, 0.3) is 11.1 Å². The number of aldehydes is 1. The van der Waals surface area contributed by atoms with Crippen LogP contribution in [0.1, 0.15) is 23.6 Å². The molecule has 0 atom stereocenters. The maximum absolute atomic E-state index is 10.9. The summed E-state index contributed by atoms with van der Waals surface area (Å²) >= 11 is 0. The van der Waals surface area contributed by atoms with E-state index < -0.39 is 0 Å². The van der Waals surface area contributed by atoms with Crippen molar-refractivity contribution in [2.75, 3.05) is 12.4 Å². The molecule has 0 aromatic heterocycles. The number of hydrogen-bond acceptors (Lipinski definition) is 2. The Hall–Kier alpha value is -2.09. The first-order chi connectivity index (χ1) is 9.71. The van der Waals surface area contributed by atoms with Crippen molar-refractivity contribution >= 4 is 12.0 Å². The van der Waals surface area contributed by atoms with Gasteiger partial charge in [-0.2, -0.15) is 0 Å². The summed E-state index contributed by atoms with van der Waals surface area (Å²) in [6.07, 6.45) is 2.41. The first-order valence-electron chi connectivity index (χ1n) is 7.04. The molecule has 0 unspecified atom stereocenters. The Balaban J connectivity index is 2.58. The molecule has 1 N–H and O–H groups in total. The van der Waals surface area contributed by atoms with Gasteiger partial charge in [0.25, 0.3) is 0 Å². The predicted octanol–water partition coefficient (Wildman–Crippen LogP) is 4.01. The summed E-state index contributed by atoms with van der Waals surface area (Å²) < 4.78 is 0. The van der Waals surface area contributed by atoms with Crippen molar-refractivity contribution < 1.29 is 4.79 Å². The molecule has 0 heterocycles. The minimum Gasteiger partial charge on any atom is -0.388 e. The summed E-state index contributed by atoms with van der Waals surface area (Å²) in [6.45, 7) is 4.31. The van der Waals surface area contributed by atoms with Crippen LogP contribution in [-0.4, -0.2) is 13.3 Å². The molecular formula is C18H21NO. The summed E-state index contributed by atoms with van der Waals surface area (Å²) in [5.41, 5.74) is 7.18. The Labute approximate surface area is 120 Å². The van der Waals surface area contributed by atoms with Crippen LogP contribution in [0.2, 0.25) is 0 Å². The Bertz CT molecular complexity index is 617. The van der Waals surface area contributed by atoms with E-state index in [2.05, 4.69) is 55.6 Å². The third-order valence-electron chi connectivity index (χ3n) is 3.71. The second kappa shape index (κ2) is 6.38. The van der Waals surface area contributed by atoms with Crippen molar-refractivity contribution in [1.82, 2.24) is 0 Å². The summed E-state index contributed by atoms with van der Waals surface area (Å²) in [5, 5.41) is 3.14. The molecule has 0 aliphatic heterocycles. The molecule has 0 bridgehead atoms. The van der Waals surface area contributed by atoms with E-state index >= 15 is 0 Å². The van der Waals surface area contributed by atoms with Crippen molar-refractivity contribution in [2.45, 2.75) is 26.7 Å². The van der Waals surface area contributed by atoms with Gasteiger partial charge in [0.2, 0.25) is 0 Å². The average Bonchev–Trinajstić information content (AvgIpc) is 2.47. The van der Waals surface area contributed by atoms with E-state index in [-0.39, 0.29) is 0 Å². The number of nitrogens with one attached hydrogen (secondary N) is 1. The Kier molecular flexibility index (Phi) is 4.57. The lowest BCUT2D eigenvalue weighted by molar-refractivity contribution is -0.107. The molecule has 0 amide bonds. The maximum Gasteiger partial charge on any atom is 0.124 e. The van der Waals surface area contributed by atoms with Gasteiger partial charge in [-0.1, -0.05) is 31.2 Å². The molecule has 0 aliphatic carbocycles. The Morgan fingerprint density at radius 2 is 1.95 bits per heavy atom. The quantitative estimate of drug-likeness (QED) is 0.829. The number of benzene rings is 2. The first-order valence-corrected chi connectivity index (χ1v) is 7.04. The standard InChI is InChI=1S/C18H21NO/c1-4-14-7-5-6-13(2)18(14)16-8-9-17(19-3)15(12-16)10-11-20/h5-9,11-12,19H,4,10H2,1-3H3. The molecule has 0 spiro atoms. The third-order valence-corrected chi connectivity index (χ3v) is 3.71. The van der Waals surface area contributed by atoms with Crippen LogP contribution in [0.4, 0.5) is 5.69 Å². The number of aryl methyl sites for hydroxylation is 2. The highest BCUT2D eigenvalue weighted by atomic mass is 16.1. The van der Waals surface area contributed by atoms with Crippen molar-refractivity contribution in [3.05, 3.63) is 53.1 Å². The molecule has 20 heavy (non-hydrogen) atoms. The lowest BCUT2D eigenvalue weighted by Gasteiger charge is -2.14. The molecule has 0 fully saturated rings. The van der Waals surface area contributed by atoms with Gasteiger partial charge >= 0.3 is 0 Å². The molecule has 0 saturated carbocycles. The van der Waals surface area contributed by atoms with Gasteiger partial charge in [-0.15, -0.1) is 0 Å². The monoisotopic (exact) mass is 267 g/mol. The first kappa shape index (κ1) is 14.3. The molecule has 2 rings (SSSR count). The average molecular weight is 267 g/mol. The molecule has 2 heteroatoms. The van der Waals surface area contributed by atoms with Crippen LogP contribution in [0.3, 0.4) is 0 Å². The van der Waals surface area contributed by atoms with Crippen molar-refractivity contribution in [3.8, 4) is 11.1 Å². The van der Waals surface area contributed by atoms with Crippen LogP contribution < -0.4 is 5.32 Å². The predicted molar refractivity (Wildman–Crippen MR) is 85.3 cm³/mol. The van der Waals surface area contributed by atoms with Gasteiger partial charge in [0, 0.05) is 19.2 Å². The number of rotatable bonds is 5. The topological polar surface area (TPSA) is 29.1 Å². The van der Waals surface area contributed by atoms with Crippen molar-refractivity contribution in [3.63, 3.8) is 0 Å². The smallest absolute Gasteiger partial charge is 0.124 e. The molecule has 2 aromatic carbocycles. The molecular weight excluding hydrogens is 246 g/mol. The zero-order valence-electron chi connectivity index (χ0n) is 12.4. The van der Waals surface area contributed by atoms with Crippen LogP contribution >= 0.6 is 0 Å². The van der Waals surface area contributed by atoms with Gasteiger partial charge in [0.15, 0.2) is 0 Å². The Morgan fingerprint density at radius 1 is 1.15 bits per heavy atom. The van der Waals surface area contributed by atoms with Crippen LogP contribution in [-0.2, 0) is 17.6 Å². The van der Waals surface area contributed by atoms with E-state index in [1.807, 2.05) is 7.05 Å². The fourth-order valence-electron chi connectivity index (χ4n) is 2.69.